The van der Waals surface area contributed by atoms with E-state index in [9.17, 15) is 5.11 Å². The fourth-order valence-electron chi connectivity index (χ4n) is 3.46. The number of nitrogens with one attached hydrogen (secondary N) is 2. The maximum absolute atomic E-state index is 10.2. The normalized spacial score (nSPS) is 15.7. The van der Waals surface area contributed by atoms with E-state index >= 15 is 0 Å². The van der Waals surface area contributed by atoms with Gasteiger partial charge in [0.05, 0.1) is 17.3 Å². The Kier molecular flexibility index (Phi) is 4.46. The van der Waals surface area contributed by atoms with Gasteiger partial charge in [0.2, 0.25) is 0 Å². The minimum atomic E-state index is 0.203. The molecule has 7 heteroatoms. The van der Waals surface area contributed by atoms with Crippen LogP contribution in [0.15, 0.2) is 30.3 Å². The van der Waals surface area contributed by atoms with Crippen molar-refractivity contribution in [2.24, 2.45) is 0 Å². The minimum Gasteiger partial charge on any atom is -0.507 e. The molecule has 0 spiro atoms. The van der Waals surface area contributed by atoms with Crippen molar-refractivity contribution >= 4 is 16.9 Å². The van der Waals surface area contributed by atoms with Crippen molar-refractivity contribution in [3.05, 3.63) is 30.3 Å². The van der Waals surface area contributed by atoms with Gasteiger partial charge in [0.15, 0.2) is 11.3 Å². The zero-order chi connectivity index (χ0) is 18.1. The highest BCUT2D eigenvalue weighted by atomic mass is 16.3. The molecular weight excluding hydrogens is 328 g/mol. The van der Waals surface area contributed by atoms with Crippen molar-refractivity contribution in [2.75, 3.05) is 18.4 Å². The van der Waals surface area contributed by atoms with Crippen LogP contribution in [0, 0.1) is 0 Å². The van der Waals surface area contributed by atoms with Crippen LogP contribution in [0.4, 0.5) is 5.82 Å². The van der Waals surface area contributed by atoms with Crippen LogP contribution in [0.1, 0.15) is 32.7 Å². The summed E-state index contributed by atoms with van der Waals surface area (Å²) < 4.78 is 2.08. The summed E-state index contributed by atoms with van der Waals surface area (Å²) in [6, 6.07) is 9.78. The third-order valence-electron chi connectivity index (χ3n) is 4.71. The lowest BCUT2D eigenvalue weighted by molar-refractivity contribution is 0.351. The van der Waals surface area contributed by atoms with Crippen LogP contribution in [0.5, 0.6) is 5.75 Å². The van der Waals surface area contributed by atoms with Crippen LogP contribution in [-0.4, -0.2) is 44.2 Å². The summed E-state index contributed by atoms with van der Waals surface area (Å²) in [6.45, 7) is 6.14. The monoisotopic (exact) mass is 352 g/mol. The van der Waals surface area contributed by atoms with Gasteiger partial charge in [-0.2, -0.15) is 5.10 Å². The first kappa shape index (κ1) is 16.8. The molecule has 0 bridgehead atoms. The van der Waals surface area contributed by atoms with E-state index in [1.165, 1.54) is 0 Å². The highest BCUT2D eigenvalue weighted by molar-refractivity contribution is 5.88. The Morgan fingerprint density at radius 1 is 1.19 bits per heavy atom. The summed E-state index contributed by atoms with van der Waals surface area (Å²) >= 11 is 0. The number of aromatic hydroxyl groups is 1. The Morgan fingerprint density at radius 2 is 1.96 bits per heavy atom. The van der Waals surface area contributed by atoms with Crippen molar-refractivity contribution in [1.29, 1.82) is 0 Å². The molecule has 136 valence electrons. The van der Waals surface area contributed by atoms with Gasteiger partial charge in [-0.1, -0.05) is 12.1 Å². The van der Waals surface area contributed by atoms with Crippen molar-refractivity contribution in [3.63, 3.8) is 0 Å². The SMILES string of the molecule is CC(C)Nc1nn(C2CCNCC2)c2cc(-c3ccccc3O)nnc12. The summed E-state index contributed by atoms with van der Waals surface area (Å²) in [7, 11) is 0. The van der Waals surface area contributed by atoms with Gasteiger partial charge in [-0.25, -0.2) is 0 Å². The second kappa shape index (κ2) is 6.92. The molecule has 0 saturated carbocycles. The number of hydrogen-bond donors (Lipinski definition) is 3. The number of anilines is 1. The second-order valence-corrected chi connectivity index (χ2v) is 7.05. The van der Waals surface area contributed by atoms with Gasteiger partial charge in [0.1, 0.15) is 5.75 Å². The molecule has 1 saturated heterocycles. The van der Waals surface area contributed by atoms with Crippen LogP contribution in [0.25, 0.3) is 22.3 Å². The molecule has 3 heterocycles. The molecule has 1 fully saturated rings. The van der Waals surface area contributed by atoms with Gasteiger partial charge in [-0.05, 0) is 58.0 Å². The molecule has 26 heavy (non-hydrogen) atoms. The summed E-state index contributed by atoms with van der Waals surface area (Å²) in [4.78, 5) is 0. The minimum absolute atomic E-state index is 0.203. The van der Waals surface area contributed by atoms with Gasteiger partial charge >= 0.3 is 0 Å². The van der Waals surface area contributed by atoms with E-state index in [4.69, 9.17) is 5.10 Å². The zero-order valence-electron chi connectivity index (χ0n) is 15.1. The van der Waals surface area contributed by atoms with E-state index in [1.807, 2.05) is 18.2 Å². The summed E-state index contributed by atoms with van der Waals surface area (Å²) in [5, 5.41) is 30.6. The van der Waals surface area contributed by atoms with E-state index in [2.05, 4.69) is 39.4 Å². The molecule has 3 N–H and O–H groups in total. The zero-order valence-corrected chi connectivity index (χ0v) is 15.1. The molecule has 0 aliphatic carbocycles. The average molecular weight is 352 g/mol. The maximum atomic E-state index is 10.2. The number of aromatic nitrogens is 4. The molecule has 7 nitrogen and oxygen atoms in total. The fraction of sp³-hybridized carbons (Fsp3) is 0.421. The Labute approximate surface area is 152 Å². The lowest BCUT2D eigenvalue weighted by atomic mass is 10.1. The van der Waals surface area contributed by atoms with Gasteiger partial charge in [0, 0.05) is 11.6 Å². The lowest BCUT2D eigenvalue weighted by Crippen LogP contribution is -2.29. The number of piperidine rings is 1. The Hall–Kier alpha value is -2.67. The smallest absolute Gasteiger partial charge is 0.176 e. The number of phenols is 1. The number of nitrogens with zero attached hydrogens (tertiary/aromatic N) is 4. The molecular formula is C19H24N6O. The molecule has 0 unspecified atom stereocenters. The topological polar surface area (TPSA) is 87.9 Å². The fourth-order valence-corrected chi connectivity index (χ4v) is 3.46. The van der Waals surface area contributed by atoms with E-state index < -0.39 is 0 Å². The molecule has 0 amide bonds. The quantitative estimate of drug-likeness (QED) is 0.669. The molecule has 0 radical (unpaired) electrons. The Bertz CT molecular complexity index is 914. The number of rotatable bonds is 4. The van der Waals surface area contributed by atoms with Crippen LogP contribution in [0.2, 0.25) is 0 Å². The van der Waals surface area contributed by atoms with Crippen molar-refractivity contribution in [3.8, 4) is 17.0 Å². The largest absolute Gasteiger partial charge is 0.507 e. The van der Waals surface area contributed by atoms with Crippen LogP contribution >= 0.6 is 0 Å². The van der Waals surface area contributed by atoms with Crippen molar-refractivity contribution in [1.82, 2.24) is 25.3 Å². The number of para-hydroxylation sites is 1. The number of benzene rings is 1. The number of phenolic OH excluding ortho intramolecular Hbond substituents is 1. The van der Waals surface area contributed by atoms with E-state index in [1.54, 1.807) is 12.1 Å². The first-order valence-electron chi connectivity index (χ1n) is 9.15. The van der Waals surface area contributed by atoms with Gasteiger partial charge in [-0.3, -0.25) is 4.68 Å². The Morgan fingerprint density at radius 3 is 2.69 bits per heavy atom. The highest BCUT2D eigenvalue weighted by Crippen LogP contribution is 2.32. The van der Waals surface area contributed by atoms with Gasteiger partial charge in [-0.15, -0.1) is 10.2 Å². The molecule has 1 aliphatic heterocycles. The third-order valence-corrected chi connectivity index (χ3v) is 4.71. The van der Waals surface area contributed by atoms with Crippen LogP contribution in [0.3, 0.4) is 0 Å². The van der Waals surface area contributed by atoms with Crippen molar-refractivity contribution in [2.45, 2.75) is 38.8 Å². The van der Waals surface area contributed by atoms with E-state index in [-0.39, 0.29) is 11.8 Å². The summed E-state index contributed by atoms with van der Waals surface area (Å²) in [5.74, 6) is 0.972. The molecule has 1 aromatic carbocycles. The standard InChI is InChI=1S/C19H24N6O/c1-12(2)21-19-18-16(25(24-19)13-7-9-20-10-8-13)11-15(22-23-18)14-5-3-4-6-17(14)26/h3-6,11-13,20,26H,7-10H2,1-2H3,(H,21,24). The first-order valence-corrected chi connectivity index (χ1v) is 9.15. The second-order valence-electron chi connectivity index (χ2n) is 7.05. The van der Waals surface area contributed by atoms with Crippen molar-refractivity contribution < 1.29 is 5.11 Å². The number of hydrogen-bond acceptors (Lipinski definition) is 6. The predicted molar refractivity (Wildman–Crippen MR) is 102 cm³/mol. The molecule has 2 aromatic heterocycles. The average Bonchev–Trinajstić information content (AvgIpc) is 3.00. The molecule has 1 aliphatic rings. The lowest BCUT2D eigenvalue weighted by Gasteiger charge is -2.23. The summed E-state index contributed by atoms with van der Waals surface area (Å²) in [6.07, 6.45) is 2.07. The van der Waals surface area contributed by atoms with Gasteiger partial charge < -0.3 is 15.7 Å². The molecule has 4 rings (SSSR count). The van der Waals surface area contributed by atoms with E-state index in [0.29, 0.717) is 17.3 Å². The third kappa shape index (κ3) is 3.10. The van der Waals surface area contributed by atoms with Crippen LogP contribution in [-0.2, 0) is 0 Å². The van der Waals surface area contributed by atoms with E-state index in [0.717, 1.165) is 42.8 Å². The number of fused-ring (bicyclic) bond motifs is 1. The Balaban J connectivity index is 1.85. The predicted octanol–water partition coefficient (Wildman–Crippen LogP) is 2.94. The summed E-state index contributed by atoms with van der Waals surface area (Å²) in [5.41, 5.74) is 3.06. The highest BCUT2D eigenvalue weighted by Gasteiger charge is 2.22. The van der Waals surface area contributed by atoms with Gasteiger partial charge in [0.25, 0.3) is 0 Å². The molecule has 3 aromatic rings. The van der Waals surface area contributed by atoms with Crippen LogP contribution < -0.4 is 10.6 Å². The maximum Gasteiger partial charge on any atom is 0.176 e. The first-order chi connectivity index (χ1) is 12.6. The molecule has 0 atom stereocenters.